The van der Waals surface area contributed by atoms with Crippen molar-refractivity contribution in [3.63, 3.8) is 0 Å². The predicted molar refractivity (Wildman–Crippen MR) is 41.5 cm³/mol. The number of ether oxygens (including phenoxy) is 1. The molecule has 0 aromatic heterocycles. The first-order valence-electron chi connectivity index (χ1n) is 3.71. The van der Waals surface area contributed by atoms with E-state index in [-0.39, 0.29) is 6.08 Å². The molecule has 0 aromatic rings. The summed E-state index contributed by atoms with van der Waals surface area (Å²) >= 11 is 0. The maximum absolute atomic E-state index is 11.5. The Kier molecular flexibility index (Phi) is 4.90. The van der Waals surface area contributed by atoms with Crippen molar-refractivity contribution >= 4 is 11.8 Å². The lowest BCUT2D eigenvalue weighted by Crippen LogP contribution is -2.09. The van der Waals surface area contributed by atoms with Gasteiger partial charge in [-0.1, -0.05) is 0 Å². The summed E-state index contributed by atoms with van der Waals surface area (Å²) in [4.78, 5) is 21.0. The van der Waals surface area contributed by atoms with E-state index in [1.807, 2.05) is 0 Å². The Morgan fingerprint density at radius 2 is 1.93 bits per heavy atom. The highest BCUT2D eigenvalue weighted by Crippen LogP contribution is 2.15. The van der Waals surface area contributed by atoms with Crippen molar-refractivity contribution in [1.29, 1.82) is 0 Å². The van der Waals surface area contributed by atoms with Gasteiger partial charge >= 0.3 is 12.1 Å². The molecule has 0 amide bonds. The first kappa shape index (κ1) is 12.7. The summed E-state index contributed by atoms with van der Waals surface area (Å²) < 4.78 is 38.8. The maximum Gasteiger partial charge on any atom is 0.409 e. The summed E-state index contributed by atoms with van der Waals surface area (Å²) in [6, 6.07) is 0. The van der Waals surface area contributed by atoms with Crippen molar-refractivity contribution in [2.75, 3.05) is 6.61 Å². The van der Waals surface area contributed by atoms with E-state index >= 15 is 0 Å². The minimum absolute atomic E-state index is 0.0337. The molecule has 0 aromatic carbocycles. The van der Waals surface area contributed by atoms with Crippen molar-refractivity contribution in [3.8, 4) is 0 Å². The average Bonchev–Trinajstić information content (AvgIpc) is 1.95. The molecule has 0 spiro atoms. The number of Topliss-reactive ketones (excluding diaryl/α,β-unsaturated/α-hetero) is 1. The van der Waals surface area contributed by atoms with Crippen LogP contribution in [0.4, 0.5) is 13.2 Å². The number of carbonyl (C=O) groups is 2. The van der Waals surface area contributed by atoms with Crippen LogP contribution in [0.1, 0.15) is 13.3 Å². The molecule has 3 nitrogen and oxygen atoms in total. The van der Waals surface area contributed by atoms with Crippen molar-refractivity contribution in [1.82, 2.24) is 0 Å². The van der Waals surface area contributed by atoms with Gasteiger partial charge in [-0.3, -0.25) is 9.59 Å². The summed E-state index contributed by atoms with van der Waals surface area (Å²) in [7, 11) is 0. The zero-order chi connectivity index (χ0) is 11.2. The topological polar surface area (TPSA) is 43.4 Å². The van der Waals surface area contributed by atoms with E-state index in [0.29, 0.717) is 6.08 Å². The highest BCUT2D eigenvalue weighted by atomic mass is 19.4. The molecule has 0 unspecified atom stereocenters. The summed E-state index contributed by atoms with van der Waals surface area (Å²) in [6.07, 6.45) is -4.20. The lowest BCUT2D eigenvalue weighted by atomic mass is 10.3. The Morgan fingerprint density at radius 1 is 1.36 bits per heavy atom. The van der Waals surface area contributed by atoms with Crippen molar-refractivity contribution < 1.29 is 27.5 Å². The van der Waals surface area contributed by atoms with E-state index in [4.69, 9.17) is 0 Å². The molecule has 14 heavy (non-hydrogen) atoms. The quantitative estimate of drug-likeness (QED) is 0.402. The number of rotatable bonds is 4. The number of carbonyl (C=O) groups excluding carboxylic acids is 2. The van der Waals surface area contributed by atoms with Crippen LogP contribution in [0, 0.1) is 0 Å². The van der Waals surface area contributed by atoms with Crippen LogP contribution in [0.3, 0.4) is 0 Å². The van der Waals surface area contributed by atoms with Gasteiger partial charge in [0.1, 0.15) is 18.8 Å². The van der Waals surface area contributed by atoms with E-state index in [9.17, 15) is 22.8 Å². The zero-order valence-corrected chi connectivity index (χ0v) is 7.43. The third-order valence-electron chi connectivity index (χ3n) is 1.04. The highest BCUT2D eigenvalue weighted by molar-refractivity contribution is 5.94. The molecule has 0 saturated carbocycles. The van der Waals surface area contributed by atoms with Gasteiger partial charge < -0.3 is 4.74 Å². The second kappa shape index (κ2) is 5.41. The van der Waals surface area contributed by atoms with Gasteiger partial charge in [0.15, 0.2) is 0 Å². The SMILES string of the molecule is CC(=O)CC(=O)OCC=CC(F)(F)F. The molecule has 0 atom stereocenters. The van der Waals surface area contributed by atoms with Crippen molar-refractivity contribution in [2.24, 2.45) is 0 Å². The van der Waals surface area contributed by atoms with Gasteiger partial charge in [-0.05, 0) is 13.0 Å². The van der Waals surface area contributed by atoms with Crippen LogP contribution < -0.4 is 0 Å². The molecule has 0 fully saturated rings. The molecule has 80 valence electrons. The second-order valence-corrected chi connectivity index (χ2v) is 2.51. The van der Waals surface area contributed by atoms with Crippen LogP contribution >= 0.6 is 0 Å². The molecule has 0 saturated heterocycles. The van der Waals surface area contributed by atoms with Crippen LogP contribution in [0.2, 0.25) is 0 Å². The summed E-state index contributed by atoms with van der Waals surface area (Å²) in [5.74, 6) is -1.22. The van der Waals surface area contributed by atoms with E-state index in [1.54, 1.807) is 0 Å². The van der Waals surface area contributed by atoms with Gasteiger partial charge in [0.2, 0.25) is 0 Å². The lowest BCUT2D eigenvalue weighted by Gasteiger charge is -2.00. The molecule has 0 aliphatic carbocycles. The molecular weight excluding hydrogens is 201 g/mol. The van der Waals surface area contributed by atoms with Crippen molar-refractivity contribution in [2.45, 2.75) is 19.5 Å². The number of ketones is 1. The molecule has 0 aliphatic rings. The van der Waals surface area contributed by atoms with Gasteiger partial charge in [0, 0.05) is 6.08 Å². The fourth-order valence-corrected chi connectivity index (χ4v) is 0.577. The van der Waals surface area contributed by atoms with Crippen LogP contribution in [-0.2, 0) is 14.3 Å². The number of alkyl halides is 3. The largest absolute Gasteiger partial charge is 0.461 e. The number of hydrogen-bond acceptors (Lipinski definition) is 3. The zero-order valence-electron chi connectivity index (χ0n) is 7.43. The molecule has 6 heteroatoms. The Balaban J connectivity index is 3.70. The van der Waals surface area contributed by atoms with Gasteiger partial charge in [-0.15, -0.1) is 0 Å². The number of halogens is 3. The van der Waals surface area contributed by atoms with E-state index in [2.05, 4.69) is 4.74 Å². The Labute approximate surface area is 78.5 Å². The number of allylic oxidation sites excluding steroid dienone is 1. The first-order valence-corrected chi connectivity index (χ1v) is 3.71. The molecular formula is C8H9F3O3. The van der Waals surface area contributed by atoms with Crippen LogP contribution in [0.5, 0.6) is 0 Å². The second-order valence-electron chi connectivity index (χ2n) is 2.51. The standard InChI is InChI=1S/C8H9F3O3/c1-6(12)5-7(13)14-4-2-3-8(9,10)11/h2-3H,4-5H2,1H3. The fourth-order valence-electron chi connectivity index (χ4n) is 0.577. The van der Waals surface area contributed by atoms with E-state index in [1.165, 1.54) is 6.92 Å². The molecule has 0 rings (SSSR count). The highest BCUT2D eigenvalue weighted by Gasteiger charge is 2.21. The average molecular weight is 210 g/mol. The molecule has 0 aliphatic heterocycles. The first-order chi connectivity index (χ1) is 6.31. The third kappa shape index (κ3) is 8.76. The smallest absolute Gasteiger partial charge is 0.409 e. The Morgan fingerprint density at radius 3 is 2.36 bits per heavy atom. The van der Waals surface area contributed by atoms with Gasteiger partial charge in [0.05, 0.1) is 0 Å². The Bertz CT molecular complexity index is 243. The molecule has 0 bridgehead atoms. The fraction of sp³-hybridized carbons (Fsp3) is 0.500. The van der Waals surface area contributed by atoms with Crippen LogP contribution in [-0.4, -0.2) is 24.5 Å². The van der Waals surface area contributed by atoms with Crippen molar-refractivity contribution in [3.05, 3.63) is 12.2 Å². The summed E-state index contributed by atoms with van der Waals surface area (Å²) in [5.41, 5.74) is 0. The van der Waals surface area contributed by atoms with Gasteiger partial charge in [0.25, 0.3) is 0 Å². The number of hydrogen-bond donors (Lipinski definition) is 0. The summed E-state index contributed by atoms with van der Waals surface area (Å²) in [5, 5.41) is 0. The molecule has 0 radical (unpaired) electrons. The minimum atomic E-state index is -4.41. The maximum atomic E-state index is 11.5. The van der Waals surface area contributed by atoms with Crippen LogP contribution in [0.25, 0.3) is 0 Å². The van der Waals surface area contributed by atoms with Gasteiger partial charge in [-0.25, -0.2) is 0 Å². The molecule has 0 heterocycles. The van der Waals surface area contributed by atoms with Crippen LogP contribution in [0.15, 0.2) is 12.2 Å². The van der Waals surface area contributed by atoms with Gasteiger partial charge in [-0.2, -0.15) is 13.2 Å². The predicted octanol–water partition coefficient (Wildman–Crippen LogP) is 1.63. The van der Waals surface area contributed by atoms with E-state index in [0.717, 1.165) is 0 Å². The normalized spacial score (nSPS) is 11.7. The minimum Gasteiger partial charge on any atom is -0.461 e. The monoisotopic (exact) mass is 210 g/mol. The lowest BCUT2D eigenvalue weighted by molar-refractivity contribution is -0.144. The van der Waals surface area contributed by atoms with E-state index < -0.39 is 31.0 Å². The third-order valence-corrected chi connectivity index (χ3v) is 1.04. The molecule has 0 N–H and O–H groups in total. The Hall–Kier alpha value is -1.33. The number of esters is 1. The summed E-state index contributed by atoms with van der Waals surface area (Å²) in [6.45, 7) is 0.707.